The van der Waals surface area contributed by atoms with E-state index in [4.69, 9.17) is 0 Å². The molecule has 0 saturated carbocycles. The summed E-state index contributed by atoms with van der Waals surface area (Å²) < 4.78 is 1.29. The molecule has 0 aliphatic heterocycles. The Bertz CT molecular complexity index is 991. The van der Waals surface area contributed by atoms with Gasteiger partial charge in [0.1, 0.15) is 5.69 Å². The molecule has 1 aromatic carbocycles. The maximum Gasteiger partial charge on any atom is 0.328 e. The Balaban J connectivity index is 2.79. The van der Waals surface area contributed by atoms with E-state index in [0.29, 0.717) is 11.1 Å². The summed E-state index contributed by atoms with van der Waals surface area (Å²) in [4.78, 5) is 40.1. The Kier molecular flexibility index (Phi) is 5.93. The number of hydrogen-bond donors (Lipinski definition) is 1. The van der Waals surface area contributed by atoms with Crippen molar-refractivity contribution in [1.29, 1.82) is 5.26 Å². The standard InChI is InChI=1S/C20H23N3O3/c1-5-7-13-8-14(11-21)10-15(9-13)18(24)17-16(12(3)4)19(25)22-20(26)23(17)6-2/h8-10,12H,5-7H2,1-4H3,(H,22,25,26). The lowest BCUT2D eigenvalue weighted by molar-refractivity contribution is 0.102. The van der Waals surface area contributed by atoms with Crippen LogP contribution in [0.15, 0.2) is 27.8 Å². The molecule has 0 unspecified atom stereocenters. The summed E-state index contributed by atoms with van der Waals surface area (Å²) in [6.45, 7) is 7.63. The first-order valence-electron chi connectivity index (χ1n) is 8.79. The van der Waals surface area contributed by atoms with Crippen LogP contribution in [0.2, 0.25) is 0 Å². The molecular weight excluding hydrogens is 330 g/mol. The lowest BCUT2D eigenvalue weighted by Gasteiger charge is -2.16. The van der Waals surface area contributed by atoms with E-state index in [1.165, 1.54) is 10.6 Å². The molecule has 1 aromatic heterocycles. The first-order valence-corrected chi connectivity index (χ1v) is 8.79. The normalized spacial score (nSPS) is 10.8. The second kappa shape index (κ2) is 7.96. The summed E-state index contributed by atoms with van der Waals surface area (Å²) in [6.07, 6.45) is 1.62. The molecule has 1 N–H and O–H groups in total. The number of nitrogens with zero attached hydrogens (tertiary/aromatic N) is 2. The van der Waals surface area contributed by atoms with Crippen LogP contribution in [0.1, 0.15) is 72.8 Å². The summed E-state index contributed by atoms with van der Waals surface area (Å²) >= 11 is 0. The summed E-state index contributed by atoms with van der Waals surface area (Å²) in [6, 6.07) is 7.08. The van der Waals surface area contributed by atoms with Gasteiger partial charge in [-0.15, -0.1) is 0 Å². The number of nitriles is 1. The van der Waals surface area contributed by atoms with Crippen LogP contribution in [0.25, 0.3) is 0 Å². The zero-order chi connectivity index (χ0) is 19.4. The number of carbonyl (C=O) groups is 1. The molecule has 0 aliphatic rings. The fraction of sp³-hybridized carbons (Fsp3) is 0.400. The molecule has 0 radical (unpaired) electrons. The molecule has 136 valence electrons. The maximum absolute atomic E-state index is 13.3. The van der Waals surface area contributed by atoms with E-state index < -0.39 is 17.0 Å². The Hall–Kier alpha value is -2.94. The van der Waals surface area contributed by atoms with Crippen LogP contribution in [0, 0.1) is 11.3 Å². The molecule has 0 spiro atoms. The second-order valence-corrected chi connectivity index (χ2v) is 6.53. The minimum Gasteiger partial charge on any atom is -0.290 e. The van der Waals surface area contributed by atoms with Crippen molar-refractivity contribution in [2.75, 3.05) is 0 Å². The topological polar surface area (TPSA) is 95.7 Å². The molecule has 0 aliphatic carbocycles. The van der Waals surface area contributed by atoms with Gasteiger partial charge in [-0.1, -0.05) is 27.2 Å². The van der Waals surface area contributed by atoms with Crippen molar-refractivity contribution in [1.82, 2.24) is 9.55 Å². The van der Waals surface area contributed by atoms with E-state index >= 15 is 0 Å². The predicted molar refractivity (Wildman–Crippen MR) is 99.7 cm³/mol. The average Bonchev–Trinajstić information content (AvgIpc) is 2.60. The van der Waals surface area contributed by atoms with Crippen molar-refractivity contribution in [2.45, 2.75) is 53.0 Å². The van der Waals surface area contributed by atoms with Gasteiger partial charge in [-0.05, 0) is 43.0 Å². The van der Waals surface area contributed by atoms with E-state index in [9.17, 15) is 19.6 Å². The van der Waals surface area contributed by atoms with Crippen LogP contribution in [0.4, 0.5) is 0 Å². The smallest absolute Gasteiger partial charge is 0.290 e. The molecule has 0 atom stereocenters. The summed E-state index contributed by atoms with van der Waals surface area (Å²) in [7, 11) is 0. The highest BCUT2D eigenvalue weighted by Crippen LogP contribution is 2.20. The molecule has 6 nitrogen and oxygen atoms in total. The van der Waals surface area contributed by atoms with Crippen molar-refractivity contribution in [3.05, 3.63) is 67.0 Å². The third-order valence-electron chi connectivity index (χ3n) is 4.27. The lowest BCUT2D eigenvalue weighted by atomic mass is 9.94. The van der Waals surface area contributed by atoms with E-state index in [0.717, 1.165) is 18.4 Å². The first kappa shape index (κ1) is 19.4. The van der Waals surface area contributed by atoms with Gasteiger partial charge in [-0.3, -0.25) is 19.1 Å². The zero-order valence-corrected chi connectivity index (χ0v) is 15.5. The van der Waals surface area contributed by atoms with Gasteiger partial charge in [0.15, 0.2) is 0 Å². The van der Waals surface area contributed by atoms with Crippen LogP contribution in [0.3, 0.4) is 0 Å². The van der Waals surface area contributed by atoms with Crippen molar-refractivity contribution < 1.29 is 4.79 Å². The van der Waals surface area contributed by atoms with Crippen molar-refractivity contribution in [3.63, 3.8) is 0 Å². The molecular formula is C20H23N3O3. The zero-order valence-electron chi connectivity index (χ0n) is 15.5. The summed E-state index contributed by atoms with van der Waals surface area (Å²) in [5, 5.41) is 9.27. The number of H-pyrrole nitrogens is 1. The molecule has 26 heavy (non-hydrogen) atoms. The van der Waals surface area contributed by atoms with Gasteiger partial charge in [0.2, 0.25) is 5.78 Å². The number of aromatic nitrogens is 2. The van der Waals surface area contributed by atoms with Crippen molar-refractivity contribution >= 4 is 5.78 Å². The van der Waals surface area contributed by atoms with Gasteiger partial charge in [0, 0.05) is 17.7 Å². The fourth-order valence-corrected chi connectivity index (χ4v) is 3.13. The molecule has 0 amide bonds. The Morgan fingerprint density at radius 2 is 1.92 bits per heavy atom. The molecule has 6 heteroatoms. The van der Waals surface area contributed by atoms with Gasteiger partial charge < -0.3 is 0 Å². The van der Waals surface area contributed by atoms with Gasteiger partial charge >= 0.3 is 5.69 Å². The van der Waals surface area contributed by atoms with E-state index in [1.807, 2.05) is 6.92 Å². The average molecular weight is 353 g/mol. The Morgan fingerprint density at radius 3 is 2.46 bits per heavy atom. The SMILES string of the molecule is CCCc1cc(C#N)cc(C(=O)c2c(C(C)C)c(=O)[nH]c(=O)n2CC)c1. The van der Waals surface area contributed by atoms with Crippen molar-refractivity contribution in [2.24, 2.45) is 0 Å². The highest BCUT2D eigenvalue weighted by molar-refractivity contribution is 6.09. The number of hydrogen-bond acceptors (Lipinski definition) is 4. The molecule has 0 fully saturated rings. The summed E-state index contributed by atoms with van der Waals surface area (Å²) in [5.74, 6) is -0.640. The van der Waals surface area contributed by atoms with E-state index in [1.54, 1.807) is 32.9 Å². The number of nitrogens with one attached hydrogen (secondary N) is 1. The quantitative estimate of drug-likeness (QED) is 0.808. The van der Waals surface area contributed by atoms with Gasteiger partial charge in [-0.25, -0.2) is 4.79 Å². The second-order valence-electron chi connectivity index (χ2n) is 6.53. The number of aryl methyl sites for hydroxylation is 1. The first-order chi connectivity index (χ1) is 12.3. The van der Waals surface area contributed by atoms with Gasteiger partial charge in [-0.2, -0.15) is 5.26 Å². The van der Waals surface area contributed by atoms with Crippen LogP contribution < -0.4 is 11.2 Å². The van der Waals surface area contributed by atoms with Gasteiger partial charge in [0.25, 0.3) is 5.56 Å². The molecule has 0 bridgehead atoms. The van der Waals surface area contributed by atoms with E-state index in [2.05, 4.69) is 11.1 Å². The highest BCUT2D eigenvalue weighted by atomic mass is 16.2. The van der Waals surface area contributed by atoms with Gasteiger partial charge in [0.05, 0.1) is 11.6 Å². The monoisotopic (exact) mass is 353 g/mol. The fourth-order valence-electron chi connectivity index (χ4n) is 3.13. The summed E-state index contributed by atoms with van der Waals surface area (Å²) in [5.41, 5.74) is 0.849. The van der Waals surface area contributed by atoms with Crippen LogP contribution >= 0.6 is 0 Å². The lowest BCUT2D eigenvalue weighted by Crippen LogP contribution is -2.37. The molecule has 1 heterocycles. The van der Waals surface area contributed by atoms with E-state index in [-0.39, 0.29) is 23.7 Å². The highest BCUT2D eigenvalue weighted by Gasteiger charge is 2.24. The number of benzene rings is 1. The number of aromatic amines is 1. The number of ketones is 1. The molecule has 0 saturated heterocycles. The van der Waals surface area contributed by atoms with Crippen LogP contribution in [-0.4, -0.2) is 15.3 Å². The van der Waals surface area contributed by atoms with Crippen molar-refractivity contribution in [3.8, 4) is 6.07 Å². The largest absolute Gasteiger partial charge is 0.328 e. The third-order valence-corrected chi connectivity index (χ3v) is 4.27. The molecule has 2 aromatic rings. The van der Waals surface area contributed by atoms with Crippen LogP contribution in [0.5, 0.6) is 0 Å². The third kappa shape index (κ3) is 3.67. The number of rotatable bonds is 6. The Labute approximate surface area is 152 Å². The minimum absolute atomic E-state index is 0.105. The number of carbonyl (C=O) groups excluding carboxylic acids is 1. The predicted octanol–water partition coefficient (Wildman–Crippen LogP) is 2.74. The Morgan fingerprint density at radius 1 is 1.23 bits per heavy atom. The minimum atomic E-state index is -0.601. The molecule has 2 rings (SSSR count). The maximum atomic E-state index is 13.3. The van der Waals surface area contributed by atoms with Crippen LogP contribution in [-0.2, 0) is 13.0 Å².